The Kier molecular flexibility index (Phi) is 4.37. The maximum Gasteiger partial charge on any atom is 0.303 e. The van der Waals surface area contributed by atoms with E-state index in [1.165, 1.54) is 0 Å². The molecule has 0 bridgehead atoms. The number of hydrogen-bond donors (Lipinski definition) is 3. The molecule has 2 aliphatic carbocycles. The Balaban J connectivity index is 1.89. The lowest BCUT2D eigenvalue weighted by molar-refractivity contribution is -0.142. The zero-order chi connectivity index (χ0) is 14.8. The van der Waals surface area contributed by atoms with Crippen molar-refractivity contribution in [1.82, 2.24) is 5.32 Å². The highest BCUT2D eigenvalue weighted by Crippen LogP contribution is 2.43. The molecule has 0 aromatic heterocycles. The van der Waals surface area contributed by atoms with Crippen LogP contribution in [0.15, 0.2) is 0 Å². The topological polar surface area (TPSA) is 92.4 Å². The van der Waals surface area contributed by atoms with E-state index < -0.39 is 11.5 Å². The summed E-state index contributed by atoms with van der Waals surface area (Å²) in [6.45, 7) is 2.58. The number of carboxylic acid groups (broad SMARTS) is 1. The lowest BCUT2D eigenvalue weighted by Gasteiger charge is -2.42. The molecule has 1 amide bonds. The summed E-state index contributed by atoms with van der Waals surface area (Å²) in [5.74, 6) is -0.399. The summed E-state index contributed by atoms with van der Waals surface area (Å²) in [4.78, 5) is 23.3. The molecule has 2 aliphatic rings. The lowest BCUT2D eigenvalue weighted by Crippen LogP contribution is -2.58. The summed E-state index contributed by atoms with van der Waals surface area (Å²) in [6, 6.07) is 0. The van der Waals surface area contributed by atoms with Gasteiger partial charge in [0.2, 0.25) is 5.91 Å². The van der Waals surface area contributed by atoms with Crippen molar-refractivity contribution < 1.29 is 14.7 Å². The number of aliphatic carboxylic acids is 1. The molecule has 2 saturated carbocycles. The van der Waals surface area contributed by atoms with Crippen LogP contribution < -0.4 is 11.1 Å². The van der Waals surface area contributed by atoms with E-state index in [-0.39, 0.29) is 17.7 Å². The second-order valence-corrected chi connectivity index (χ2v) is 6.96. The summed E-state index contributed by atoms with van der Waals surface area (Å²) in [5, 5.41) is 11.9. The third-order valence-corrected chi connectivity index (χ3v) is 5.05. The molecule has 0 aliphatic heterocycles. The van der Waals surface area contributed by atoms with Gasteiger partial charge in [-0.05, 0) is 37.0 Å². The molecule has 0 aromatic carbocycles. The van der Waals surface area contributed by atoms with Crippen LogP contribution in [-0.4, -0.2) is 29.1 Å². The zero-order valence-corrected chi connectivity index (χ0v) is 12.3. The highest BCUT2D eigenvalue weighted by Gasteiger charge is 2.42. The van der Waals surface area contributed by atoms with Gasteiger partial charge < -0.3 is 16.2 Å². The minimum atomic E-state index is -0.785. The second kappa shape index (κ2) is 5.72. The molecule has 5 nitrogen and oxygen atoms in total. The van der Waals surface area contributed by atoms with Crippen LogP contribution in [0.4, 0.5) is 0 Å². The first-order valence-corrected chi connectivity index (χ1v) is 7.64. The standard InChI is InChI=1S/C15H26N2O3/c1-11-4-2-7-15(16,8-11)13(20)17-10-14(5-3-6-14)9-12(18)19/h11H,2-10,16H2,1H3,(H,17,20)(H,18,19). The van der Waals surface area contributed by atoms with Crippen LogP contribution in [0.5, 0.6) is 0 Å². The van der Waals surface area contributed by atoms with E-state index in [0.29, 0.717) is 12.5 Å². The van der Waals surface area contributed by atoms with Crippen molar-refractivity contribution in [3.8, 4) is 0 Å². The molecule has 0 spiro atoms. The molecule has 4 N–H and O–H groups in total. The van der Waals surface area contributed by atoms with Gasteiger partial charge in [-0.15, -0.1) is 0 Å². The fraction of sp³-hybridized carbons (Fsp3) is 0.867. The van der Waals surface area contributed by atoms with Gasteiger partial charge in [0, 0.05) is 6.54 Å². The quantitative estimate of drug-likeness (QED) is 0.715. The third-order valence-electron chi connectivity index (χ3n) is 5.05. The number of nitrogens with two attached hydrogens (primary N) is 1. The lowest BCUT2D eigenvalue weighted by atomic mass is 9.66. The first kappa shape index (κ1) is 15.3. The predicted molar refractivity (Wildman–Crippen MR) is 76.1 cm³/mol. The molecule has 0 radical (unpaired) electrons. The monoisotopic (exact) mass is 282 g/mol. The Bertz CT molecular complexity index is 393. The van der Waals surface area contributed by atoms with Crippen LogP contribution in [-0.2, 0) is 9.59 Å². The maximum absolute atomic E-state index is 12.4. The molecule has 114 valence electrons. The summed E-state index contributed by atoms with van der Waals surface area (Å²) in [7, 11) is 0. The van der Waals surface area contributed by atoms with Crippen molar-refractivity contribution >= 4 is 11.9 Å². The molecule has 2 rings (SSSR count). The molecule has 20 heavy (non-hydrogen) atoms. The second-order valence-electron chi connectivity index (χ2n) is 6.96. The molecule has 0 aromatic rings. The first-order valence-electron chi connectivity index (χ1n) is 7.64. The zero-order valence-electron chi connectivity index (χ0n) is 12.3. The molecule has 2 fully saturated rings. The van der Waals surface area contributed by atoms with Gasteiger partial charge >= 0.3 is 5.97 Å². The van der Waals surface area contributed by atoms with Crippen molar-refractivity contribution in [2.75, 3.05) is 6.54 Å². The van der Waals surface area contributed by atoms with Gasteiger partial charge in [-0.1, -0.05) is 26.2 Å². The average Bonchev–Trinajstić information content (AvgIpc) is 2.31. The Morgan fingerprint density at radius 3 is 2.50 bits per heavy atom. The van der Waals surface area contributed by atoms with Crippen molar-refractivity contribution in [1.29, 1.82) is 0 Å². The Morgan fingerprint density at radius 1 is 1.30 bits per heavy atom. The Morgan fingerprint density at radius 2 is 2.00 bits per heavy atom. The largest absolute Gasteiger partial charge is 0.481 e. The summed E-state index contributed by atoms with van der Waals surface area (Å²) in [5.41, 5.74) is 5.26. The van der Waals surface area contributed by atoms with Gasteiger partial charge in [-0.2, -0.15) is 0 Å². The molecule has 2 atom stereocenters. The molecular weight excluding hydrogens is 256 g/mol. The van der Waals surface area contributed by atoms with E-state index in [0.717, 1.165) is 44.9 Å². The Labute approximate surface area is 120 Å². The van der Waals surface area contributed by atoms with Crippen molar-refractivity contribution in [2.24, 2.45) is 17.1 Å². The fourth-order valence-corrected chi connectivity index (χ4v) is 3.66. The van der Waals surface area contributed by atoms with Gasteiger partial charge in [0.05, 0.1) is 12.0 Å². The number of carboxylic acids is 1. The normalized spacial score (nSPS) is 32.2. The van der Waals surface area contributed by atoms with E-state index in [9.17, 15) is 9.59 Å². The average molecular weight is 282 g/mol. The molecule has 0 saturated heterocycles. The number of rotatable bonds is 5. The van der Waals surface area contributed by atoms with E-state index in [2.05, 4.69) is 12.2 Å². The molecule has 2 unspecified atom stereocenters. The van der Waals surface area contributed by atoms with E-state index in [1.807, 2.05) is 0 Å². The van der Waals surface area contributed by atoms with E-state index >= 15 is 0 Å². The maximum atomic E-state index is 12.4. The van der Waals surface area contributed by atoms with Crippen molar-refractivity contribution in [3.63, 3.8) is 0 Å². The van der Waals surface area contributed by atoms with Crippen LogP contribution in [0, 0.1) is 11.3 Å². The summed E-state index contributed by atoms with van der Waals surface area (Å²) in [6.07, 6.45) is 6.54. The van der Waals surface area contributed by atoms with E-state index in [4.69, 9.17) is 10.8 Å². The third kappa shape index (κ3) is 3.32. The van der Waals surface area contributed by atoms with Crippen molar-refractivity contribution in [3.05, 3.63) is 0 Å². The number of amides is 1. The number of nitrogens with one attached hydrogen (secondary N) is 1. The summed E-state index contributed by atoms with van der Waals surface area (Å²) >= 11 is 0. The number of hydrogen-bond acceptors (Lipinski definition) is 3. The van der Waals surface area contributed by atoms with Gasteiger partial charge in [0.25, 0.3) is 0 Å². The fourth-order valence-electron chi connectivity index (χ4n) is 3.66. The van der Waals surface area contributed by atoms with Gasteiger partial charge in [-0.25, -0.2) is 0 Å². The highest BCUT2D eigenvalue weighted by atomic mass is 16.4. The minimum absolute atomic E-state index is 0.0966. The van der Waals surface area contributed by atoms with Gasteiger partial charge in [0.1, 0.15) is 0 Å². The Hall–Kier alpha value is -1.10. The summed E-state index contributed by atoms with van der Waals surface area (Å²) < 4.78 is 0. The van der Waals surface area contributed by atoms with Crippen LogP contribution in [0.1, 0.15) is 58.3 Å². The van der Waals surface area contributed by atoms with Crippen molar-refractivity contribution in [2.45, 2.75) is 63.8 Å². The van der Waals surface area contributed by atoms with Gasteiger partial charge in [-0.3, -0.25) is 9.59 Å². The van der Waals surface area contributed by atoms with Crippen LogP contribution in [0.3, 0.4) is 0 Å². The van der Waals surface area contributed by atoms with Crippen LogP contribution in [0.25, 0.3) is 0 Å². The van der Waals surface area contributed by atoms with Crippen LogP contribution >= 0.6 is 0 Å². The first-order chi connectivity index (χ1) is 9.35. The van der Waals surface area contributed by atoms with Gasteiger partial charge in [0.15, 0.2) is 0 Å². The minimum Gasteiger partial charge on any atom is -0.481 e. The number of carbonyl (C=O) groups excluding carboxylic acids is 1. The predicted octanol–water partition coefficient (Wildman–Crippen LogP) is 1.66. The molecule has 5 heteroatoms. The smallest absolute Gasteiger partial charge is 0.303 e. The molecule has 0 heterocycles. The van der Waals surface area contributed by atoms with E-state index in [1.54, 1.807) is 0 Å². The van der Waals surface area contributed by atoms with Crippen LogP contribution in [0.2, 0.25) is 0 Å². The number of carbonyl (C=O) groups is 2. The highest BCUT2D eigenvalue weighted by molar-refractivity contribution is 5.86. The molecular formula is C15H26N2O3. The SMILES string of the molecule is CC1CCCC(N)(C(=O)NCC2(CC(=O)O)CCC2)C1.